The zero-order chi connectivity index (χ0) is 25.1. The molecule has 0 spiro atoms. The maximum Gasteiger partial charge on any atom is 0.332 e. The molecule has 0 saturated heterocycles. The average Bonchev–Trinajstić information content (AvgIpc) is 3.26. The number of para-hydroxylation sites is 2. The Kier molecular flexibility index (Phi) is 7.10. The Morgan fingerprint density at radius 2 is 2.00 bits per heavy atom. The highest BCUT2D eigenvalue weighted by atomic mass is 32.2. The molecule has 2 N–H and O–H groups in total. The van der Waals surface area contributed by atoms with Gasteiger partial charge in [0.1, 0.15) is 18.0 Å². The lowest BCUT2D eigenvalue weighted by Crippen LogP contribution is -2.42. The number of ketones is 1. The number of hydrogen-bond donors (Lipinski definition) is 1. The fourth-order valence-electron chi connectivity index (χ4n) is 3.78. The van der Waals surface area contributed by atoms with Crippen molar-refractivity contribution < 1.29 is 14.3 Å². The SMILES string of the molecule is C=CCn1c(SCC(=O)c2c(N)n(CCC)c(=O)n(C)c2=O)nnc1[C@H]1COc2ccccc2O1. The molecule has 1 aliphatic rings. The number of rotatable bonds is 9. The average molecular weight is 499 g/mol. The van der Waals surface area contributed by atoms with Crippen LogP contribution in [0.25, 0.3) is 0 Å². The van der Waals surface area contributed by atoms with Crippen LogP contribution in [0.15, 0.2) is 51.7 Å². The van der Waals surface area contributed by atoms with Gasteiger partial charge in [0.25, 0.3) is 5.56 Å². The summed E-state index contributed by atoms with van der Waals surface area (Å²) in [6, 6.07) is 7.35. The van der Waals surface area contributed by atoms with Crippen molar-refractivity contribution in [2.45, 2.75) is 37.7 Å². The Labute approximate surface area is 205 Å². The smallest absolute Gasteiger partial charge is 0.332 e. The molecule has 0 radical (unpaired) electrons. The highest BCUT2D eigenvalue weighted by Crippen LogP contribution is 2.36. The third kappa shape index (κ3) is 4.61. The molecule has 0 amide bonds. The highest BCUT2D eigenvalue weighted by molar-refractivity contribution is 7.99. The quantitative estimate of drug-likeness (QED) is 0.266. The molecule has 0 fully saturated rings. The van der Waals surface area contributed by atoms with Crippen LogP contribution in [0.5, 0.6) is 11.5 Å². The lowest BCUT2D eigenvalue weighted by atomic mass is 10.2. The zero-order valence-electron chi connectivity index (χ0n) is 19.5. The van der Waals surface area contributed by atoms with Gasteiger partial charge in [0.15, 0.2) is 34.4 Å². The second kappa shape index (κ2) is 10.2. The molecule has 0 bridgehead atoms. The number of hydrogen-bond acceptors (Lipinski definition) is 9. The number of nitrogens with zero attached hydrogens (tertiary/aromatic N) is 5. The Morgan fingerprint density at radius 1 is 1.26 bits per heavy atom. The number of carbonyl (C=O) groups is 1. The van der Waals surface area contributed by atoms with Crippen molar-refractivity contribution in [3.63, 3.8) is 0 Å². The summed E-state index contributed by atoms with van der Waals surface area (Å²) >= 11 is 1.11. The van der Waals surface area contributed by atoms with E-state index < -0.39 is 23.1 Å². The molecule has 0 saturated carbocycles. The van der Waals surface area contributed by atoms with E-state index in [2.05, 4.69) is 16.8 Å². The minimum absolute atomic E-state index is 0.120. The fraction of sp³-hybridized carbons (Fsp3) is 0.348. The third-order valence-electron chi connectivity index (χ3n) is 5.50. The van der Waals surface area contributed by atoms with E-state index in [0.717, 1.165) is 16.3 Å². The van der Waals surface area contributed by atoms with E-state index in [4.69, 9.17) is 15.2 Å². The van der Waals surface area contributed by atoms with Crippen LogP contribution in [0.4, 0.5) is 5.82 Å². The first-order chi connectivity index (χ1) is 16.9. The largest absolute Gasteiger partial charge is 0.485 e. The van der Waals surface area contributed by atoms with Crippen LogP contribution in [0.1, 0.15) is 35.6 Å². The van der Waals surface area contributed by atoms with E-state index in [0.29, 0.717) is 42.0 Å². The summed E-state index contributed by atoms with van der Waals surface area (Å²) in [7, 11) is 1.33. The lowest BCUT2D eigenvalue weighted by Gasteiger charge is -2.26. The van der Waals surface area contributed by atoms with E-state index in [9.17, 15) is 14.4 Å². The number of Topliss-reactive ketones (excluding diaryl/α,β-unsaturated/α-hetero) is 1. The molecule has 184 valence electrons. The molecule has 35 heavy (non-hydrogen) atoms. The molecular weight excluding hydrogens is 472 g/mol. The number of thioether (sulfide) groups is 1. The third-order valence-corrected chi connectivity index (χ3v) is 6.46. The summed E-state index contributed by atoms with van der Waals surface area (Å²) in [5.41, 5.74) is 4.60. The number of ether oxygens (including phenoxy) is 2. The van der Waals surface area contributed by atoms with E-state index in [1.54, 1.807) is 10.6 Å². The molecule has 11 nitrogen and oxygen atoms in total. The monoisotopic (exact) mass is 498 g/mol. The van der Waals surface area contributed by atoms with Gasteiger partial charge in [-0.2, -0.15) is 0 Å². The van der Waals surface area contributed by atoms with Crippen LogP contribution in [0.2, 0.25) is 0 Å². The van der Waals surface area contributed by atoms with Gasteiger partial charge >= 0.3 is 5.69 Å². The van der Waals surface area contributed by atoms with Gasteiger partial charge < -0.3 is 15.2 Å². The van der Waals surface area contributed by atoms with Crippen LogP contribution in [0.3, 0.4) is 0 Å². The van der Waals surface area contributed by atoms with Gasteiger partial charge in [0.2, 0.25) is 0 Å². The second-order valence-electron chi connectivity index (χ2n) is 7.87. The van der Waals surface area contributed by atoms with Gasteiger partial charge in [-0.05, 0) is 18.6 Å². The van der Waals surface area contributed by atoms with Crippen molar-refractivity contribution in [3.05, 3.63) is 69.1 Å². The Hall–Kier alpha value is -3.80. The summed E-state index contributed by atoms with van der Waals surface area (Å²) in [5.74, 6) is 1.05. The molecule has 3 heterocycles. The van der Waals surface area contributed by atoms with E-state index in [-0.39, 0.29) is 23.7 Å². The van der Waals surface area contributed by atoms with Crippen LogP contribution in [0, 0.1) is 0 Å². The number of nitrogens with two attached hydrogens (primary N) is 1. The number of aromatic nitrogens is 5. The van der Waals surface area contributed by atoms with E-state index in [1.807, 2.05) is 31.2 Å². The minimum atomic E-state index is -0.717. The fourth-order valence-corrected chi connectivity index (χ4v) is 4.61. The van der Waals surface area contributed by atoms with Gasteiger partial charge in [-0.1, -0.05) is 36.9 Å². The number of allylic oxidation sites excluding steroid dienone is 1. The van der Waals surface area contributed by atoms with Crippen LogP contribution in [-0.2, 0) is 20.1 Å². The van der Waals surface area contributed by atoms with Crippen molar-refractivity contribution in [2.24, 2.45) is 7.05 Å². The summed E-state index contributed by atoms with van der Waals surface area (Å²) < 4.78 is 15.8. The predicted octanol–water partition coefficient (Wildman–Crippen LogP) is 1.80. The maximum atomic E-state index is 13.0. The summed E-state index contributed by atoms with van der Waals surface area (Å²) in [6.45, 7) is 6.60. The molecule has 1 aromatic carbocycles. The van der Waals surface area contributed by atoms with Gasteiger partial charge in [-0.3, -0.25) is 23.3 Å². The minimum Gasteiger partial charge on any atom is -0.485 e. The van der Waals surface area contributed by atoms with Gasteiger partial charge in [0.05, 0.1) is 5.75 Å². The maximum absolute atomic E-state index is 13.0. The normalized spacial score (nSPS) is 14.6. The standard InChI is InChI=1S/C23H26N6O5S/c1-4-10-28-19(24)18(21(31)27(3)23(28)32)14(30)13-35-22-26-25-20(29(22)11-5-2)17-12-33-15-8-6-7-9-16(15)34-17/h5-9,17H,2,4,10-13,24H2,1,3H3/t17-/m1/s1. The molecule has 2 aromatic heterocycles. The summed E-state index contributed by atoms with van der Waals surface area (Å²) in [6.07, 6.45) is 1.81. The Morgan fingerprint density at radius 3 is 2.71 bits per heavy atom. The van der Waals surface area contributed by atoms with Gasteiger partial charge in [-0.25, -0.2) is 4.79 Å². The van der Waals surface area contributed by atoms with Crippen LogP contribution in [-0.4, -0.2) is 42.0 Å². The van der Waals surface area contributed by atoms with E-state index >= 15 is 0 Å². The van der Waals surface area contributed by atoms with Crippen molar-refractivity contribution in [1.82, 2.24) is 23.9 Å². The Balaban J connectivity index is 1.58. The molecule has 0 unspecified atom stereocenters. The molecule has 1 aliphatic heterocycles. The lowest BCUT2D eigenvalue weighted by molar-refractivity contribution is 0.0821. The second-order valence-corrected chi connectivity index (χ2v) is 8.82. The number of anilines is 1. The van der Waals surface area contributed by atoms with Gasteiger partial charge in [-0.15, -0.1) is 16.8 Å². The van der Waals surface area contributed by atoms with Crippen molar-refractivity contribution >= 4 is 23.4 Å². The number of benzene rings is 1. The molecule has 4 rings (SSSR count). The number of nitrogen functional groups attached to an aromatic ring is 1. The highest BCUT2D eigenvalue weighted by Gasteiger charge is 2.29. The summed E-state index contributed by atoms with van der Waals surface area (Å²) in [4.78, 5) is 38.1. The first kappa shape index (κ1) is 24.3. The molecular formula is C23H26N6O5S. The molecule has 0 aliphatic carbocycles. The number of carbonyl (C=O) groups excluding carboxylic acids is 1. The van der Waals surface area contributed by atoms with Crippen molar-refractivity contribution in [3.8, 4) is 11.5 Å². The van der Waals surface area contributed by atoms with Crippen molar-refractivity contribution in [1.29, 1.82) is 0 Å². The topological polar surface area (TPSA) is 136 Å². The molecule has 12 heteroatoms. The Bertz CT molecular complexity index is 1390. The first-order valence-electron chi connectivity index (χ1n) is 11.0. The van der Waals surface area contributed by atoms with Crippen LogP contribution >= 0.6 is 11.8 Å². The molecule has 3 aromatic rings. The first-order valence-corrected chi connectivity index (χ1v) is 12.0. The van der Waals surface area contributed by atoms with Gasteiger partial charge in [0, 0.05) is 20.1 Å². The van der Waals surface area contributed by atoms with E-state index in [1.165, 1.54) is 11.6 Å². The number of fused-ring (bicyclic) bond motifs is 1. The van der Waals surface area contributed by atoms with Crippen molar-refractivity contribution in [2.75, 3.05) is 18.1 Å². The predicted molar refractivity (Wildman–Crippen MR) is 131 cm³/mol. The van der Waals surface area contributed by atoms with Crippen LogP contribution < -0.4 is 26.5 Å². The summed E-state index contributed by atoms with van der Waals surface area (Å²) in [5, 5.41) is 8.95. The molecule has 1 atom stereocenters. The zero-order valence-corrected chi connectivity index (χ0v) is 20.3.